The minimum atomic E-state index is 0.411. The molecule has 14 heavy (non-hydrogen) atoms. The molecule has 0 aliphatic rings. The quantitative estimate of drug-likeness (QED) is 0.542. The maximum atomic E-state index is 4.26. The van der Waals surface area contributed by atoms with E-state index in [-0.39, 0.29) is 0 Å². The van der Waals surface area contributed by atoms with Crippen LogP contribution in [0, 0.1) is 0 Å². The summed E-state index contributed by atoms with van der Waals surface area (Å²) in [6.45, 7) is 4.18. The van der Waals surface area contributed by atoms with E-state index in [4.69, 9.17) is 0 Å². The lowest BCUT2D eigenvalue weighted by Crippen LogP contribution is -2.07. The average Bonchev–Trinajstić information content (AvgIpc) is 2.15. The highest BCUT2D eigenvalue weighted by Gasteiger charge is 2.00. The Morgan fingerprint density at radius 3 is 2.43 bits per heavy atom. The van der Waals surface area contributed by atoms with Gasteiger partial charge in [0.2, 0.25) is 0 Å². The molecule has 0 amide bonds. The van der Waals surface area contributed by atoms with Crippen molar-refractivity contribution in [3.05, 3.63) is 18.1 Å². The van der Waals surface area contributed by atoms with Gasteiger partial charge in [-0.15, -0.1) is 0 Å². The zero-order valence-corrected chi connectivity index (χ0v) is 9.10. The Labute approximate surface area is 84.7 Å². The van der Waals surface area contributed by atoms with E-state index in [9.17, 15) is 0 Å². The molecule has 0 spiro atoms. The second-order valence-corrected chi connectivity index (χ2v) is 3.66. The molecule has 76 valence electrons. The summed E-state index contributed by atoms with van der Waals surface area (Å²) in [7, 11) is 3.83. The number of aliphatic imine (C=N–C) groups is 1. The van der Waals surface area contributed by atoms with Crippen molar-refractivity contribution in [2.24, 2.45) is 4.99 Å². The third kappa shape index (κ3) is 3.12. The molecule has 0 bridgehead atoms. The lowest BCUT2D eigenvalue weighted by Gasteiger charge is -2.04. The highest BCUT2D eigenvalue weighted by atomic mass is 15.1. The Morgan fingerprint density at radius 1 is 1.29 bits per heavy atom. The van der Waals surface area contributed by atoms with Gasteiger partial charge in [-0.1, -0.05) is 13.8 Å². The van der Waals surface area contributed by atoms with Crippen molar-refractivity contribution < 1.29 is 0 Å². The third-order valence-electron chi connectivity index (χ3n) is 1.67. The van der Waals surface area contributed by atoms with Gasteiger partial charge in [-0.25, -0.2) is 9.98 Å². The Morgan fingerprint density at radius 2 is 2.00 bits per heavy atom. The first-order valence-electron chi connectivity index (χ1n) is 4.62. The second-order valence-electron chi connectivity index (χ2n) is 3.66. The van der Waals surface area contributed by atoms with E-state index in [1.165, 1.54) is 0 Å². The topological polar surface area (TPSA) is 41.4 Å². The van der Waals surface area contributed by atoms with E-state index in [2.05, 4.69) is 28.8 Å². The van der Waals surface area contributed by atoms with Crippen molar-refractivity contribution in [1.82, 2.24) is 14.9 Å². The lowest BCUT2D eigenvalue weighted by molar-refractivity contribution is 0.643. The monoisotopic (exact) mass is 192 g/mol. The average molecular weight is 192 g/mol. The number of hydrogen-bond donors (Lipinski definition) is 0. The van der Waals surface area contributed by atoms with Crippen LogP contribution >= 0.6 is 0 Å². The number of rotatable bonds is 3. The molecule has 0 radical (unpaired) electrons. The minimum Gasteiger partial charge on any atom is -0.369 e. The normalized spacial score (nSPS) is 11.2. The van der Waals surface area contributed by atoms with Gasteiger partial charge < -0.3 is 4.90 Å². The summed E-state index contributed by atoms with van der Waals surface area (Å²) in [4.78, 5) is 14.4. The highest BCUT2D eigenvalue weighted by Crippen LogP contribution is 2.12. The van der Waals surface area contributed by atoms with E-state index in [0.29, 0.717) is 11.7 Å². The van der Waals surface area contributed by atoms with Gasteiger partial charge in [0, 0.05) is 14.1 Å². The van der Waals surface area contributed by atoms with Gasteiger partial charge in [0.1, 0.15) is 0 Å². The van der Waals surface area contributed by atoms with E-state index < -0.39 is 0 Å². The van der Waals surface area contributed by atoms with E-state index in [1.807, 2.05) is 19.0 Å². The summed E-state index contributed by atoms with van der Waals surface area (Å²) in [5.74, 6) is 1.05. The molecule has 1 rings (SSSR count). The van der Waals surface area contributed by atoms with Crippen LogP contribution in [0.15, 0.2) is 17.4 Å². The highest BCUT2D eigenvalue weighted by molar-refractivity contribution is 5.58. The first kappa shape index (κ1) is 10.6. The Kier molecular flexibility index (Phi) is 3.56. The van der Waals surface area contributed by atoms with Crippen LogP contribution in [0.2, 0.25) is 0 Å². The van der Waals surface area contributed by atoms with Crippen LogP contribution in [0.4, 0.5) is 5.82 Å². The van der Waals surface area contributed by atoms with Crippen molar-refractivity contribution >= 4 is 12.2 Å². The smallest absolute Gasteiger partial charge is 0.172 e. The molecule has 1 heterocycles. The minimum absolute atomic E-state index is 0.411. The van der Waals surface area contributed by atoms with Crippen LogP contribution in [0.5, 0.6) is 0 Å². The molecule has 0 N–H and O–H groups in total. The fourth-order valence-corrected chi connectivity index (χ4v) is 0.871. The molecule has 1 aromatic rings. The van der Waals surface area contributed by atoms with Crippen LogP contribution in [-0.4, -0.2) is 35.3 Å². The van der Waals surface area contributed by atoms with Crippen molar-refractivity contribution in [3.8, 4) is 0 Å². The van der Waals surface area contributed by atoms with Gasteiger partial charge in [0.25, 0.3) is 0 Å². The molecule has 4 heteroatoms. The Hall–Kier alpha value is -1.45. The van der Waals surface area contributed by atoms with E-state index in [0.717, 1.165) is 5.69 Å². The van der Waals surface area contributed by atoms with E-state index in [1.54, 1.807) is 18.7 Å². The third-order valence-corrected chi connectivity index (χ3v) is 1.67. The molecule has 0 aliphatic carbocycles. The van der Waals surface area contributed by atoms with Crippen molar-refractivity contribution in [2.75, 3.05) is 14.1 Å². The standard InChI is InChI=1S/C10H16N4/c1-8(2)9-5-12-10(6-11-9)13-7-14(3)4/h5-8H,1-4H3. The molecule has 0 saturated carbocycles. The summed E-state index contributed by atoms with van der Waals surface area (Å²) >= 11 is 0. The van der Waals surface area contributed by atoms with Gasteiger partial charge in [-0.2, -0.15) is 0 Å². The molecule has 0 aromatic carbocycles. The Balaban J connectivity index is 2.73. The maximum Gasteiger partial charge on any atom is 0.172 e. The number of aromatic nitrogens is 2. The van der Waals surface area contributed by atoms with Crippen LogP contribution in [0.25, 0.3) is 0 Å². The van der Waals surface area contributed by atoms with Crippen molar-refractivity contribution in [1.29, 1.82) is 0 Å². The van der Waals surface area contributed by atoms with Crippen molar-refractivity contribution in [2.45, 2.75) is 19.8 Å². The SMILES string of the molecule is CC(C)c1cnc(N=CN(C)C)cn1. The van der Waals surface area contributed by atoms with Gasteiger partial charge in [0.05, 0.1) is 24.4 Å². The van der Waals surface area contributed by atoms with Crippen LogP contribution < -0.4 is 0 Å². The molecule has 0 fully saturated rings. The molecule has 4 nitrogen and oxygen atoms in total. The molecule has 0 atom stereocenters. The predicted octanol–water partition coefficient (Wildman–Crippen LogP) is 1.82. The fourth-order valence-electron chi connectivity index (χ4n) is 0.871. The fraction of sp³-hybridized carbons (Fsp3) is 0.500. The van der Waals surface area contributed by atoms with Crippen molar-refractivity contribution in [3.63, 3.8) is 0 Å². The molecule has 0 aliphatic heterocycles. The van der Waals surface area contributed by atoms with Gasteiger partial charge >= 0.3 is 0 Å². The summed E-state index contributed by atoms with van der Waals surface area (Å²) in [6.07, 6.45) is 5.17. The number of nitrogens with zero attached hydrogens (tertiary/aromatic N) is 4. The van der Waals surface area contributed by atoms with Gasteiger partial charge in [0.15, 0.2) is 5.82 Å². The molecule has 0 unspecified atom stereocenters. The molecular formula is C10H16N4. The van der Waals surface area contributed by atoms with Gasteiger partial charge in [-0.05, 0) is 5.92 Å². The van der Waals surface area contributed by atoms with Crippen LogP contribution in [0.1, 0.15) is 25.5 Å². The largest absolute Gasteiger partial charge is 0.369 e. The summed E-state index contributed by atoms with van der Waals surface area (Å²) in [5.41, 5.74) is 0.994. The number of hydrogen-bond acceptors (Lipinski definition) is 3. The molecular weight excluding hydrogens is 176 g/mol. The summed E-state index contributed by atoms with van der Waals surface area (Å²) in [5, 5.41) is 0. The van der Waals surface area contributed by atoms with Crippen LogP contribution in [0.3, 0.4) is 0 Å². The zero-order valence-electron chi connectivity index (χ0n) is 9.10. The lowest BCUT2D eigenvalue weighted by atomic mass is 10.1. The maximum absolute atomic E-state index is 4.26. The first-order valence-corrected chi connectivity index (χ1v) is 4.62. The first-order chi connectivity index (χ1) is 6.59. The zero-order chi connectivity index (χ0) is 10.6. The Bertz CT molecular complexity index is 300. The summed E-state index contributed by atoms with van der Waals surface area (Å²) < 4.78 is 0. The second kappa shape index (κ2) is 4.69. The van der Waals surface area contributed by atoms with E-state index >= 15 is 0 Å². The van der Waals surface area contributed by atoms with Crippen LogP contribution in [-0.2, 0) is 0 Å². The molecule has 1 aromatic heterocycles. The molecule has 0 saturated heterocycles. The predicted molar refractivity (Wildman–Crippen MR) is 58.0 cm³/mol. The summed E-state index contributed by atoms with van der Waals surface area (Å²) in [6, 6.07) is 0. The van der Waals surface area contributed by atoms with Gasteiger partial charge in [-0.3, -0.25) is 4.98 Å².